The average Bonchev–Trinajstić information content (AvgIpc) is 3.04. The maximum Gasteiger partial charge on any atom is 0.185 e. The van der Waals surface area contributed by atoms with Gasteiger partial charge in [-0.25, -0.2) is 0 Å². The molecule has 0 heterocycles. The van der Waals surface area contributed by atoms with Gasteiger partial charge in [0.25, 0.3) is 0 Å². The Balaban J connectivity index is 1.15. The highest BCUT2D eigenvalue weighted by Gasteiger charge is 2.10. The van der Waals surface area contributed by atoms with E-state index in [0.29, 0.717) is 11.1 Å². The molecule has 0 saturated carbocycles. The van der Waals surface area contributed by atoms with Crippen molar-refractivity contribution in [3.8, 4) is 0 Å². The van der Waals surface area contributed by atoms with Gasteiger partial charge in [0.1, 0.15) is 0 Å². The van der Waals surface area contributed by atoms with Crippen LogP contribution in [0.3, 0.4) is 0 Å². The van der Waals surface area contributed by atoms with Gasteiger partial charge < -0.3 is 0 Å². The number of fused-ring (bicyclic) bond motifs is 4. The van der Waals surface area contributed by atoms with E-state index in [0.717, 1.165) is 54.2 Å². The second kappa shape index (κ2) is 10.8. The first-order chi connectivity index (χ1) is 20.7. The average molecular weight is 539 g/mol. The molecule has 0 saturated heterocycles. The molecular weight excluding hydrogens is 512 g/mol. The summed E-state index contributed by atoms with van der Waals surface area (Å²) in [6, 6.07) is 44.1. The van der Waals surface area contributed by atoms with Crippen LogP contribution >= 0.6 is 0 Å². The van der Waals surface area contributed by atoms with Gasteiger partial charge in [-0.15, -0.1) is 0 Å². The predicted molar refractivity (Wildman–Crippen MR) is 176 cm³/mol. The highest BCUT2D eigenvalue weighted by Crippen LogP contribution is 2.31. The minimum atomic E-state index is -0.108. The third kappa shape index (κ3) is 4.70. The second-order valence-corrected chi connectivity index (χ2v) is 10.4. The van der Waals surface area contributed by atoms with Gasteiger partial charge in [0.05, 0.1) is 0 Å². The Morgan fingerprint density at radius 1 is 0.381 bits per heavy atom. The van der Waals surface area contributed by atoms with Crippen LogP contribution in [0.1, 0.15) is 31.8 Å². The largest absolute Gasteiger partial charge is 0.289 e. The Morgan fingerprint density at radius 3 is 0.976 bits per heavy atom. The monoisotopic (exact) mass is 538 g/mol. The van der Waals surface area contributed by atoms with Crippen LogP contribution in [0, 0.1) is 0 Å². The fourth-order valence-electron chi connectivity index (χ4n) is 5.77. The van der Waals surface area contributed by atoms with Gasteiger partial charge in [-0.3, -0.25) is 9.59 Å². The van der Waals surface area contributed by atoms with E-state index in [1.165, 1.54) is 0 Å². The van der Waals surface area contributed by atoms with Gasteiger partial charge in [-0.2, -0.15) is 0 Å². The van der Waals surface area contributed by atoms with Crippen molar-refractivity contribution in [2.45, 2.75) is 0 Å². The fourth-order valence-corrected chi connectivity index (χ4v) is 5.77. The zero-order valence-electron chi connectivity index (χ0n) is 22.8. The molecule has 2 heteroatoms. The molecule has 0 aliphatic carbocycles. The first kappa shape index (κ1) is 25.4. The highest BCUT2D eigenvalue weighted by atomic mass is 16.1. The summed E-state index contributed by atoms with van der Waals surface area (Å²) in [6.07, 6.45) is 7.06. The summed E-state index contributed by atoms with van der Waals surface area (Å²) in [4.78, 5) is 26.3. The number of hydrogen-bond donors (Lipinski definition) is 0. The zero-order chi connectivity index (χ0) is 28.5. The molecule has 0 aliphatic rings. The number of benzene rings is 7. The quantitative estimate of drug-likeness (QED) is 0.120. The normalized spacial score (nSPS) is 11.8. The van der Waals surface area contributed by atoms with E-state index < -0.39 is 0 Å². The van der Waals surface area contributed by atoms with Crippen molar-refractivity contribution in [1.82, 2.24) is 0 Å². The standard InChI is InChI=1S/C40H26O2/c41-39(23-21-37-33-13-5-1-9-29(33)25-30-10-2-6-14-34(30)37)27-17-19-28(20-18-27)40(42)24-22-38-35-15-7-3-11-31(35)26-32-12-4-8-16-36(32)38/h1-26H/b23-21+,24-22+. The van der Waals surface area contributed by atoms with Crippen LogP contribution in [-0.2, 0) is 0 Å². The van der Waals surface area contributed by atoms with Crippen LogP contribution in [0.25, 0.3) is 55.2 Å². The lowest BCUT2D eigenvalue weighted by Crippen LogP contribution is -1.98. The van der Waals surface area contributed by atoms with E-state index in [2.05, 4.69) is 60.7 Å². The molecule has 0 atom stereocenters. The summed E-state index contributed by atoms with van der Waals surface area (Å²) in [7, 11) is 0. The van der Waals surface area contributed by atoms with Crippen LogP contribution in [0.2, 0.25) is 0 Å². The summed E-state index contributed by atoms with van der Waals surface area (Å²) in [6.45, 7) is 0. The predicted octanol–water partition coefficient (Wildman–Crippen LogP) is 10.1. The lowest BCUT2D eigenvalue weighted by Gasteiger charge is -2.08. The topological polar surface area (TPSA) is 34.1 Å². The Kier molecular flexibility index (Phi) is 6.50. The molecule has 0 spiro atoms. The maximum atomic E-state index is 13.1. The molecule has 0 unspecified atom stereocenters. The minimum Gasteiger partial charge on any atom is -0.289 e. The molecule has 2 nitrogen and oxygen atoms in total. The van der Waals surface area contributed by atoms with E-state index >= 15 is 0 Å². The van der Waals surface area contributed by atoms with Crippen molar-refractivity contribution in [3.05, 3.63) is 168 Å². The molecule has 0 radical (unpaired) electrons. The van der Waals surface area contributed by atoms with Crippen molar-refractivity contribution >= 4 is 66.8 Å². The Bertz CT molecular complexity index is 1950. The number of hydrogen-bond acceptors (Lipinski definition) is 2. The fraction of sp³-hybridized carbons (Fsp3) is 0. The zero-order valence-corrected chi connectivity index (χ0v) is 22.8. The Labute approximate surface area is 243 Å². The van der Waals surface area contributed by atoms with Crippen molar-refractivity contribution in [2.75, 3.05) is 0 Å². The van der Waals surface area contributed by atoms with Crippen LogP contribution in [0.5, 0.6) is 0 Å². The summed E-state index contributed by atoms with van der Waals surface area (Å²) in [5.74, 6) is -0.215. The third-order valence-electron chi connectivity index (χ3n) is 7.88. The van der Waals surface area contributed by atoms with Gasteiger partial charge in [0.2, 0.25) is 0 Å². The molecule has 0 aromatic heterocycles. The second-order valence-electron chi connectivity index (χ2n) is 10.4. The van der Waals surface area contributed by atoms with E-state index in [4.69, 9.17) is 0 Å². The van der Waals surface area contributed by atoms with Crippen molar-refractivity contribution in [3.63, 3.8) is 0 Å². The van der Waals surface area contributed by atoms with Gasteiger partial charge in [-0.05, 0) is 90.7 Å². The number of allylic oxidation sites excluding steroid dienone is 2. The molecule has 42 heavy (non-hydrogen) atoms. The molecule has 0 aliphatic heterocycles. The summed E-state index contributed by atoms with van der Waals surface area (Å²) >= 11 is 0. The van der Waals surface area contributed by atoms with E-state index in [1.54, 1.807) is 36.4 Å². The molecule has 0 bridgehead atoms. The molecule has 0 amide bonds. The highest BCUT2D eigenvalue weighted by molar-refractivity contribution is 6.14. The molecule has 0 fully saturated rings. The Morgan fingerprint density at radius 2 is 0.667 bits per heavy atom. The molecule has 7 aromatic rings. The third-order valence-corrected chi connectivity index (χ3v) is 7.88. The number of carbonyl (C=O) groups excluding carboxylic acids is 2. The van der Waals surface area contributed by atoms with Crippen molar-refractivity contribution < 1.29 is 9.59 Å². The summed E-state index contributed by atoms with van der Waals surface area (Å²) < 4.78 is 0. The maximum absolute atomic E-state index is 13.1. The number of rotatable bonds is 6. The van der Waals surface area contributed by atoms with Gasteiger partial charge in [0, 0.05) is 11.1 Å². The van der Waals surface area contributed by atoms with Crippen LogP contribution in [0.15, 0.2) is 146 Å². The molecule has 198 valence electrons. The minimum absolute atomic E-state index is 0.108. The number of ketones is 2. The SMILES string of the molecule is O=C(/C=C/c1c2ccccc2cc2ccccc12)c1ccc(C(=O)/C=C/c2c3ccccc3cc3ccccc23)cc1. The van der Waals surface area contributed by atoms with E-state index in [1.807, 2.05) is 60.7 Å². The Hall–Kier alpha value is -5.60. The van der Waals surface area contributed by atoms with E-state index in [-0.39, 0.29) is 11.6 Å². The van der Waals surface area contributed by atoms with Crippen LogP contribution in [-0.4, -0.2) is 11.6 Å². The summed E-state index contributed by atoms with van der Waals surface area (Å²) in [5, 5.41) is 8.95. The van der Waals surface area contributed by atoms with Gasteiger partial charge >= 0.3 is 0 Å². The van der Waals surface area contributed by atoms with Crippen LogP contribution < -0.4 is 0 Å². The van der Waals surface area contributed by atoms with Crippen LogP contribution in [0.4, 0.5) is 0 Å². The van der Waals surface area contributed by atoms with Crippen molar-refractivity contribution in [1.29, 1.82) is 0 Å². The first-order valence-corrected chi connectivity index (χ1v) is 14.0. The van der Waals surface area contributed by atoms with E-state index in [9.17, 15) is 9.59 Å². The van der Waals surface area contributed by atoms with Gasteiger partial charge in [-0.1, -0.05) is 121 Å². The lowest BCUT2D eigenvalue weighted by molar-refractivity contribution is 0.103. The van der Waals surface area contributed by atoms with Gasteiger partial charge in [0.15, 0.2) is 11.6 Å². The van der Waals surface area contributed by atoms with Crippen molar-refractivity contribution in [2.24, 2.45) is 0 Å². The molecule has 7 rings (SSSR count). The molecular formula is C40H26O2. The first-order valence-electron chi connectivity index (χ1n) is 14.0. The molecule has 0 N–H and O–H groups in total. The lowest BCUT2D eigenvalue weighted by atomic mass is 9.95. The molecule has 7 aromatic carbocycles. The number of carbonyl (C=O) groups is 2. The summed E-state index contributed by atoms with van der Waals surface area (Å²) in [5.41, 5.74) is 3.12. The smallest absolute Gasteiger partial charge is 0.185 e.